The predicted molar refractivity (Wildman–Crippen MR) is 60.1 cm³/mol. The van der Waals surface area contributed by atoms with E-state index in [1.807, 2.05) is 6.92 Å². The summed E-state index contributed by atoms with van der Waals surface area (Å²) in [5.41, 5.74) is 5.65. The Morgan fingerprint density at radius 2 is 1.81 bits per heavy atom. The second-order valence-electron chi connectivity index (χ2n) is 4.50. The summed E-state index contributed by atoms with van der Waals surface area (Å²) in [7, 11) is -3.30. The first-order valence-corrected chi connectivity index (χ1v) is 6.99. The summed E-state index contributed by atoms with van der Waals surface area (Å²) in [5, 5.41) is 0. The van der Waals surface area contributed by atoms with E-state index in [-0.39, 0.29) is 5.54 Å². The van der Waals surface area contributed by atoms with Crippen LogP contribution in [0.1, 0.15) is 13.3 Å². The fourth-order valence-corrected chi connectivity index (χ4v) is 3.76. The van der Waals surface area contributed by atoms with Crippen molar-refractivity contribution in [3.63, 3.8) is 0 Å². The Morgan fingerprint density at radius 1 is 1.25 bits per heavy atom. The quantitative estimate of drug-likeness (QED) is 0.695. The summed E-state index contributed by atoms with van der Waals surface area (Å²) in [6, 6.07) is 0. The maximum Gasteiger partial charge on any atom is 0.282 e. The van der Waals surface area contributed by atoms with Crippen LogP contribution in [0.15, 0.2) is 0 Å². The van der Waals surface area contributed by atoms with Gasteiger partial charge in [0, 0.05) is 31.7 Å². The van der Waals surface area contributed by atoms with Gasteiger partial charge < -0.3 is 10.5 Å². The van der Waals surface area contributed by atoms with Gasteiger partial charge >= 0.3 is 0 Å². The molecule has 0 bridgehead atoms. The Kier molecular flexibility index (Phi) is 3.24. The van der Waals surface area contributed by atoms with Crippen LogP contribution in [-0.2, 0) is 14.9 Å². The molecule has 0 aliphatic carbocycles. The highest BCUT2D eigenvalue weighted by Crippen LogP contribution is 2.26. The van der Waals surface area contributed by atoms with E-state index in [2.05, 4.69) is 0 Å². The number of morpholine rings is 1. The number of nitrogens with zero attached hydrogens (tertiary/aromatic N) is 2. The van der Waals surface area contributed by atoms with Gasteiger partial charge in [0.25, 0.3) is 10.2 Å². The van der Waals surface area contributed by atoms with Gasteiger partial charge in [-0.15, -0.1) is 0 Å². The Hall–Kier alpha value is -0.210. The Morgan fingerprint density at radius 3 is 2.31 bits per heavy atom. The molecule has 7 heteroatoms. The molecule has 2 aliphatic rings. The summed E-state index contributed by atoms with van der Waals surface area (Å²) in [6.45, 7) is 4.71. The SMILES string of the molecule is CCC1(N)CN(S(=O)(=O)N2CCOCC2)C1. The lowest BCUT2D eigenvalue weighted by molar-refractivity contribution is 0.0640. The number of hydrogen-bond donors (Lipinski definition) is 1. The zero-order valence-electron chi connectivity index (χ0n) is 9.55. The Balaban J connectivity index is 1.99. The molecule has 0 radical (unpaired) electrons. The first kappa shape index (κ1) is 12.3. The molecule has 2 saturated heterocycles. The van der Waals surface area contributed by atoms with Gasteiger partial charge in [0.2, 0.25) is 0 Å². The van der Waals surface area contributed by atoms with Crippen LogP contribution in [0.2, 0.25) is 0 Å². The monoisotopic (exact) mass is 249 g/mol. The molecule has 2 heterocycles. The van der Waals surface area contributed by atoms with E-state index in [4.69, 9.17) is 10.5 Å². The molecular formula is C9H19N3O3S. The topological polar surface area (TPSA) is 75.9 Å². The third kappa shape index (κ3) is 2.10. The third-order valence-electron chi connectivity index (χ3n) is 3.31. The van der Waals surface area contributed by atoms with E-state index in [0.717, 1.165) is 6.42 Å². The summed E-state index contributed by atoms with van der Waals surface area (Å²) < 4.78 is 32.3. The molecule has 0 amide bonds. The van der Waals surface area contributed by atoms with Gasteiger partial charge in [-0.1, -0.05) is 6.92 Å². The lowest BCUT2D eigenvalue weighted by atomic mass is 9.91. The largest absolute Gasteiger partial charge is 0.379 e. The molecule has 6 nitrogen and oxygen atoms in total. The minimum atomic E-state index is -3.30. The van der Waals surface area contributed by atoms with Crippen LogP contribution in [-0.4, -0.2) is 62.0 Å². The molecule has 0 saturated carbocycles. The molecule has 16 heavy (non-hydrogen) atoms. The average Bonchev–Trinajstić information content (AvgIpc) is 2.26. The maximum absolute atomic E-state index is 12.1. The van der Waals surface area contributed by atoms with Crippen molar-refractivity contribution < 1.29 is 13.2 Å². The van der Waals surface area contributed by atoms with Crippen molar-refractivity contribution in [3.05, 3.63) is 0 Å². The summed E-state index contributed by atoms with van der Waals surface area (Å²) in [4.78, 5) is 0. The Labute approximate surface area is 96.5 Å². The van der Waals surface area contributed by atoms with E-state index in [1.54, 1.807) is 0 Å². The van der Waals surface area contributed by atoms with Gasteiger partial charge in [-0.25, -0.2) is 0 Å². The highest BCUT2D eigenvalue weighted by Gasteiger charge is 2.46. The van der Waals surface area contributed by atoms with Gasteiger partial charge in [-0.05, 0) is 6.42 Å². The smallest absolute Gasteiger partial charge is 0.282 e. The molecule has 2 aliphatic heterocycles. The molecule has 2 fully saturated rings. The lowest BCUT2D eigenvalue weighted by Crippen LogP contribution is -2.70. The van der Waals surface area contributed by atoms with Crippen LogP contribution in [0.25, 0.3) is 0 Å². The lowest BCUT2D eigenvalue weighted by Gasteiger charge is -2.47. The molecule has 0 aromatic rings. The molecule has 0 atom stereocenters. The van der Waals surface area contributed by atoms with Crippen LogP contribution < -0.4 is 5.73 Å². The first-order chi connectivity index (χ1) is 7.48. The van der Waals surface area contributed by atoms with Crippen LogP contribution in [0.4, 0.5) is 0 Å². The highest BCUT2D eigenvalue weighted by molar-refractivity contribution is 7.86. The van der Waals surface area contributed by atoms with Crippen LogP contribution in [0.5, 0.6) is 0 Å². The van der Waals surface area contributed by atoms with Crippen molar-refractivity contribution in [2.24, 2.45) is 5.73 Å². The van der Waals surface area contributed by atoms with Crippen molar-refractivity contribution in [3.8, 4) is 0 Å². The van der Waals surface area contributed by atoms with E-state index in [1.165, 1.54) is 8.61 Å². The first-order valence-electron chi connectivity index (χ1n) is 5.60. The van der Waals surface area contributed by atoms with Gasteiger partial charge in [0.15, 0.2) is 0 Å². The number of nitrogens with two attached hydrogens (primary N) is 1. The molecular weight excluding hydrogens is 230 g/mol. The minimum Gasteiger partial charge on any atom is -0.379 e. The van der Waals surface area contributed by atoms with Crippen molar-refractivity contribution in [1.82, 2.24) is 8.61 Å². The van der Waals surface area contributed by atoms with E-state index < -0.39 is 10.2 Å². The summed E-state index contributed by atoms with van der Waals surface area (Å²) in [6.07, 6.45) is 0.808. The molecule has 94 valence electrons. The molecule has 0 unspecified atom stereocenters. The van der Waals surface area contributed by atoms with E-state index in [9.17, 15) is 8.42 Å². The summed E-state index contributed by atoms with van der Waals surface area (Å²) in [5.74, 6) is 0. The number of rotatable bonds is 3. The second kappa shape index (κ2) is 4.23. The molecule has 0 spiro atoms. The van der Waals surface area contributed by atoms with Gasteiger partial charge in [0.05, 0.1) is 13.2 Å². The van der Waals surface area contributed by atoms with Crippen molar-refractivity contribution in [2.45, 2.75) is 18.9 Å². The zero-order chi connectivity index (χ0) is 11.8. The zero-order valence-corrected chi connectivity index (χ0v) is 10.4. The van der Waals surface area contributed by atoms with Crippen LogP contribution >= 0.6 is 0 Å². The van der Waals surface area contributed by atoms with Crippen LogP contribution in [0, 0.1) is 0 Å². The van der Waals surface area contributed by atoms with Gasteiger partial charge in [-0.2, -0.15) is 17.0 Å². The molecule has 2 rings (SSSR count). The molecule has 0 aromatic carbocycles. The van der Waals surface area contributed by atoms with Crippen LogP contribution in [0.3, 0.4) is 0 Å². The predicted octanol–water partition coefficient (Wildman–Crippen LogP) is -1.01. The number of hydrogen-bond acceptors (Lipinski definition) is 4. The van der Waals surface area contributed by atoms with E-state index >= 15 is 0 Å². The third-order valence-corrected chi connectivity index (χ3v) is 5.24. The standard InChI is InChI=1S/C9H19N3O3S/c1-2-9(10)7-12(8-9)16(13,14)11-3-5-15-6-4-11/h2-8,10H2,1H3. The fourth-order valence-electron chi connectivity index (χ4n) is 1.98. The summed E-state index contributed by atoms with van der Waals surface area (Å²) >= 11 is 0. The average molecular weight is 249 g/mol. The normalized spacial score (nSPS) is 27.6. The van der Waals surface area contributed by atoms with E-state index in [0.29, 0.717) is 39.4 Å². The van der Waals surface area contributed by atoms with Gasteiger partial charge in [0.1, 0.15) is 0 Å². The molecule has 0 aromatic heterocycles. The molecule has 2 N–H and O–H groups in total. The fraction of sp³-hybridized carbons (Fsp3) is 1.00. The highest BCUT2D eigenvalue weighted by atomic mass is 32.2. The minimum absolute atomic E-state index is 0.320. The Bertz CT molecular complexity index is 345. The number of ether oxygens (including phenoxy) is 1. The second-order valence-corrected chi connectivity index (χ2v) is 6.43. The van der Waals surface area contributed by atoms with Crippen molar-refractivity contribution in [2.75, 3.05) is 39.4 Å². The van der Waals surface area contributed by atoms with Crippen molar-refractivity contribution >= 4 is 10.2 Å². The van der Waals surface area contributed by atoms with Crippen molar-refractivity contribution in [1.29, 1.82) is 0 Å². The maximum atomic E-state index is 12.1. The van der Waals surface area contributed by atoms with Gasteiger partial charge in [-0.3, -0.25) is 0 Å².